The summed E-state index contributed by atoms with van der Waals surface area (Å²) in [6.07, 6.45) is 1.41. The van der Waals surface area contributed by atoms with E-state index in [1.54, 1.807) is 32.4 Å². The zero-order chi connectivity index (χ0) is 23.2. The van der Waals surface area contributed by atoms with Gasteiger partial charge < -0.3 is 19.3 Å². The number of ether oxygens (including phenoxy) is 2. The van der Waals surface area contributed by atoms with Crippen LogP contribution in [0.1, 0.15) is 28.8 Å². The molecule has 2 amide bonds. The zero-order valence-electron chi connectivity index (χ0n) is 19.5. The molecule has 0 radical (unpaired) electrons. The standard InChI is InChI=1S/C26H33N3O4/c1-32-23-16-22(17-24(18-23)33-2)26(31)28-10-8-21(9-11-28)25(30)29-14-12-27(13-15-29)19-20-6-4-3-5-7-20/h3-7,16-18,21H,8-15,19H2,1-2H3. The number of amides is 2. The molecule has 0 aliphatic carbocycles. The quantitative estimate of drug-likeness (QED) is 0.676. The van der Waals surface area contributed by atoms with Gasteiger partial charge in [0.1, 0.15) is 11.5 Å². The Morgan fingerprint density at radius 2 is 1.42 bits per heavy atom. The smallest absolute Gasteiger partial charge is 0.254 e. The molecule has 0 N–H and O–H groups in total. The Bertz CT molecular complexity index is 927. The van der Waals surface area contributed by atoms with Crippen molar-refractivity contribution in [1.29, 1.82) is 0 Å². The number of piperazine rings is 1. The summed E-state index contributed by atoms with van der Waals surface area (Å²) in [6, 6.07) is 15.7. The van der Waals surface area contributed by atoms with Gasteiger partial charge in [0.2, 0.25) is 5.91 Å². The first-order valence-corrected chi connectivity index (χ1v) is 11.6. The molecule has 2 fully saturated rings. The summed E-state index contributed by atoms with van der Waals surface area (Å²) in [5, 5.41) is 0. The van der Waals surface area contributed by atoms with Crippen molar-refractivity contribution in [3.8, 4) is 11.5 Å². The molecule has 2 aromatic rings. The molecular weight excluding hydrogens is 418 g/mol. The van der Waals surface area contributed by atoms with E-state index in [4.69, 9.17) is 9.47 Å². The zero-order valence-corrected chi connectivity index (χ0v) is 19.5. The molecule has 0 unspecified atom stereocenters. The predicted octanol–water partition coefficient (Wildman–Crippen LogP) is 2.90. The van der Waals surface area contributed by atoms with Crippen molar-refractivity contribution >= 4 is 11.8 Å². The Morgan fingerprint density at radius 1 is 0.818 bits per heavy atom. The van der Waals surface area contributed by atoms with Crippen LogP contribution in [-0.2, 0) is 11.3 Å². The normalized spacial score (nSPS) is 17.6. The Morgan fingerprint density at radius 3 is 2.00 bits per heavy atom. The van der Waals surface area contributed by atoms with Gasteiger partial charge in [-0.3, -0.25) is 14.5 Å². The number of nitrogens with zero attached hydrogens (tertiary/aromatic N) is 3. The highest BCUT2D eigenvalue weighted by Crippen LogP contribution is 2.26. The highest BCUT2D eigenvalue weighted by atomic mass is 16.5. The predicted molar refractivity (Wildman–Crippen MR) is 126 cm³/mol. The molecule has 4 rings (SSSR count). The molecular formula is C26H33N3O4. The minimum Gasteiger partial charge on any atom is -0.497 e. The maximum atomic E-state index is 13.1. The topological polar surface area (TPSA) is 62.3 Å². The van der Waals surface area contributed by atoms with E-state index in [0.717, 1.165) is 32.7 Å². The Balaban J connectivity index is 1.27. The van der Waals surface area contributed by atoms with Crippen molar-refractivity contribution in [1.82, 2.24) is 14.7 Å². The molecule has 0 atom stereocenters. The summed E-state index contributed by atoms with van der Waals surface area (Å²) in [4.78, 5) is 32.4. The third kappa shape index (κ3) is 5.66. The van der Waals surface area contributed by atoms with E-state index in [1.807, 2.05) is 15.9 Å². The molecule has 176 valence electrons. The Kier molecular flexibility index (Phi) is 7.50. The molecule has 2 heterocycles. The minimum atomic E-state index is -0.0485. The van der Waals surface area contributed by atoms with Crippen LogP contribution in [-0.4, -0.2) is 80.0 Å². The lowest BCUT2D eigenvalue weighted by molar-refractivity contribution is -0.138. The highest BCUT2D eigenvalue weighted by molar-refractivity contribution is 5.95. The van der Waals surface area contributed by atoms with E-state index in [1.165, 1.54) is 5.56 Å². The van der Waals surface area contributed by atoms with Gasteiger partial charge in [-0.15, -0.1) is 0 Å². The lowest BCUT2D eigenvalue weighted by Gasteiger charge is -2.38. The second-order valence-corrected chi connectivity index (χ2v) is 8.75. The fourth-order valence-corrected chi connectivity index (χ4v) is 4.67. The van der Waals surface area contributed by atoms with Crippen LogP contribution in [0.2, 0.25) is 0 Å². The van der Waals surface area contributed by atoms with E-state index in [2.05, 4.69) is 29.2 Å². The monoisotopic (exact) mass is 451 g/mol. The number of carbonyl (C=O) groups is 2. The van der Waals surface area contributed by atoms with Crippen molar-refractivity contribution in [2.24, 2.45) is 5.92 Å². The summed E-state index contributed by atoms with van der Waals surface area (Å²) in [6.45, 7) is 5.44. The van der Waals surface area contributed by atoms with Crippen LogP contribution in [0, 0.1) is 5.92 Å². The summed E-state index contributed by atoms with van der Waals surface area (Å²) in [5.74, 6) is 1.37. The van der Waals surface area contributed by atoms with Gasteiger partial charge in [0, 0.05) is 63.4 Å². The summed E-state index contributed by atoms with van der Waals surface area (Å²) < 4.78 is 10.6. The van der Waals surface area contributed by atoms with Crippen molar-refractivity contribution in [2.75, 3.05) is 53.5 Å². The number of rotatable bonds is 6. The van der Waals surface area contributed by atoms with Crippen molar-refractivity contribution in [2.45, 2.75) is 19.4 Å². The fraction of sp³-hybridized carbons (Fsp3) is 0.462. The first-order valence-electron chi connectivity index (χ1n) is 11.6. The first kappa shape index (κ1) is 23.1. The summed E-state index contributed by atoms with van der Waals surface area (Å²) in [5.41, 5.74) is 1.86. The third-order valence-electron chi connectivity index (χ3n) is 6.66. The van der Waals surface area contributed by atoms with Gasteiger partial charge >= 0.3 is 0 Å². The summed E-state index contributed by atoms with van der Waals surface area (Å²) >= 11 is 0. The molecule has 0 spiro atoms. The van der Waals surface area contributed by atoms with Gasteiger partial charge in [-0.1, -0.05) is 30.3 Å². The lowest BCUT2D eigenvalue weighted by atomic mass is 9.94. The number of benzene rings is 2. The van der Waals surface area contributed by atoms with Gasteiger partial charge in [0.05, 0.1) is 14.2 Å². The lowest BCUT2D eigenvalue weighted by Crippen LogP contribution is -2.51. The molecule has 0 bridgehead atoms. The fourth-order valence-electron chi connectivity index (χ4n) is 4.67. The second kappa shape index (κ2) is 10.7. The number of carbonyl (C=O) groups excluding carboxylic acids is 2. The Labute approximate surface area is 195 Å². The van der Waals surface area contributed by atoms with Crippen LogP contribution in [0.15, 0.2) is 48.5 Å². The van der Waals surface area contributed by atoms with E-state index in [9.17, 15) is 9.59 Å². The molecule has 2 aliphatic rings. The maximum Gasteiger partial charge on any atom is 0.254 e. The van der Waals surface area contributed by atoms with Gasteiger partial charge in [-0.25, -0.2) is 0 Å². The largest absolute Gasteiger partial charge is 0.497 e. The maximum absolute atomic E-state index is 13.1. The van der Waals surface area contributed by atoms with Crippen LogP contribution in [0.3, 0.4) is 0 Å². The SMILES string of the molecule is COc1cc(OC)cc(C(=O)N2CCC(C(=O)N3CCN(Cc4ccccc4)CC3)CC2)c1. The van der Waals surface area contributed by atoms with E-state index in [-0.39, 0.29) is 17.7 Å². The van der Waals surface area contributed by atoms with Crippen LogP contribution >= 0.6 is 0 Å². The number of hydrogen-bond acceptors (Lipinski definition) is 5. The van der Waals surface area contributed by atoms with Gasteiger partial charge in [-0.05, 0) is 30.5 Å². The molecule has 2 saturated heterocycles. The van der Waals surface area contributed by atoms with Crippen LogP contribution in [0.5, 0.6) is 11.5 Å². The van der Waals surface area contributed by atoms with Gasteiger partial charge in [0.15, 0.2) is 0 Å². The molecule has 7 heteroatoms. The van der Waals surface area contributed by atoms with Gasteiger partial charge in [0.25, 0.3) is 5.91 Å². The van der Waals surface area contributed by atoms with E-state index in [0.29, 0.717) is 43.0 Å². The van der Waals surface area contributed by atoms with Crippen LogP contribution in [0.4, 0.5) is 0 Å². The Hall–Kier alpha value is -3.06. The second-order valence-electron chi connectivity index (χ2n) is 8.75. The molecule has 2 aromatic carbocycles. The number of methoxy groups -OCH3 is 2. The highest BCUT2D eigenvalue weighted by Gasteiger charge is 2.32. The van der Waals surface area contributed by atoms with Gasteiger partial charge in [-0.2, -0.15) is 0 Å². The first-order chi connectivity index (χ1) is 16.1. The van der Waals surface area contributed by atoms with Crippen LogP contribution in [0.25, 0.3) is 0 Å². The van der Waals surface area contributed by atoms with Crippen molar-refractivity contribution in [3.63, 3.8) is 0 Å². The van der Waals surface area contributed by atoms with Crippen LogP contribution < -0.4 is 9.47 Å². The average molecular weight is 452 g/mol. The number of hydrogen-bond donors (Lipinski definition) is 0. The molecule has 0 saturated carbocycles. The summed E-state index contributed by atoms with van der Waals surface area (Å²) in [7, 11) is 3.14. The van der Waals surface area contributed by atoms with Crippen molar-refractivity contribution < 1.29 is 19.1 Å². The minimum absolute atomic E-state index is 0.00503. The molecule has 0 aromatic heterocycles. The third-order valence-corrected chi connectivity index (χ3v) is 6.66. The molecule has 7 nitrogen and oxygen atoms in total. The molecule has 2 aliphatic heterocycles. The van der Waals surface area contributed by atoms with E-state index < -0.39 is 0 Å². The van der Waals surface area contributed by atoms with Crippen molar-refractivity contribution in [3.05, 3.63) is 59.7 Å². The number of likely N-dealkylation sites (tertiary alicyclic amines) is 1. The number of piperidine rings is 1. The average Bonchev–Trinajstić information content (AvgIpc) is 2.88. The van der Waals surface area contributed by atoms with E-state index >= 15 is 0 Å². The molecule has 33 heavy (non-hydrogen) atoms.